The van der Waals surface area contributed by atoms with Gasteiger partial charge in [0.1, 0.15) is 11.5 Å². The summed E-state index contributed by atoms with van der Waals surface area (Å²) in [6.07, 6.45) is 4.14. The van der Waals surface area contributed by atoms with Crippen LogP contribution in [0.2, 0.25) is 0 Å². The number of phenols is 1. The number of phenolic OH excluding ortho intramolecular Hbond substituents is 1. The minimum absolute atomic E-state index is 0.0593. The van der Waals surface area contributed by atoms with E-state index in [1.54, 1.807) is 12.1 Å². The number of nitrogens with one attached hydrogen (secondary N) is 2. The zero-order valence-electron chi connectivity index (χ0n) is 14.8. The Hall–Kier alpha value is -2.83. The van der Waals surface area contributed by atoms with Crippen molar-refractivity contribution in [1.82, 2.24) is 9.97 Å². The Bertz CT molecular complexity index is 799. The van der Waals surface area contributed by atoms with Crippen molar-refractivity contribution < 1.29 is 9.84 Å². The number of nitrogens with zero attached hydrogens (tertiary/aromatic N) is 2. The summed E-state index contributed by atoms with van der Waals surface area (Å²) < 4.78 is 5.31. The summed E-state index contributed by atoms with van der Waals surface area (Å²) in [5.41, 5.74) is 4.46. The summed E-state index contributed by atoms with van der Waals surface area (Å²) in [6.45, 7) is 6.30. The number of unbranched alkanes of at least 4 members (excludes halogenated alkanes) is 1. The molecule has 0 aliphatic rings. The first-order valence-electron chi connectivity index (χ1n) is 8.39. The molecule has 0 fully saturated rings. The SMILES string of the molecule is CCCCc1c(C)nc(N/N=C/c2ccc(OCC)cc2O)[nH]c1=O. The number of hydrazone groups is 1. The molecule has 1 aromatic heterocycles. The predicted octanol–water partition coefficient (Wildman–Crippen LogP) is 2.97. The van der Waals surface area contributed by atoms with Gasteiger partial charge in [0.25, 0.3) is 5.56 Å². The van der Waals surface area contributed by atoms with E-state index in [4.69, 9.17) is 4.74 Å². The standard InChI is InChI=1S/C18H24N4O3/c1-4-6-7-15-12(3)20-18(21-17(15)24)22-19-11-13-8-9-14(25-5-2)10-16(13)23/h8-11,23H,4-7H2,1-3H3,(H2,20,21,22,24)/b19-11+. The Morgan fingerprint density at radius 3 is 2.84 bits per heavy atom. The van der Waals surface area contributed by atoms with E-state index in [1.165, 1.54) is 12.3 Å². The number of aromatic hydroxyl groups is 1. The fourth-order valence-electron chi connectivity index (χ4n) is 2.36. The number of hydrogen-bond donors (Lipinski definition) is 3. The van der Waals surface area contributed by atoms with Gasteiger partial charge < -0.3 is 9.84 Å². The maximum atomic E-state index is 12.1. The number of aromatic nitrogens is 2. The maximum absolute atomic E-state index is 12.1. The van der Waals surface area contributed by atoms with E-state index in [1.807, 2.05) is 13.8 Å². The van der Waals surface area contributed by atoms with Crippen LogP contribution in [0, 0.1) is 6.92 Å². The van der Waals surface area contributed by atoms with Crippen molar-refractivity contribution in [2.24, 2.45) is 5.10 Å². The van der Waals surface area contributed by atoms with Crippen molar-refractivity contribution >= 4 is 12.2 Å². The lowest BCUT2D eigenvalue weighted by molar-refractivity contribution is 0.337. The molecule has 1 heterocycles. The quantitative estimate of drug-likeness (QED) is 0.505. The molecule has 134 valence electrons. The molecule has 1 aromatic carbocycles. The third-order valence-corrected chi connectivity index (χ3v) is 3.69. The Balaban J connectivity index is 2.08. The van der Waals surface area contributed by atoms with Gasteiger partial charge in [-0.2, -0.15) is 5.10 Å². The van der Waals surface area contributed by atoms with Crippen LogP contribution in [0.15, 0.2) is 28.1 Å². The number of hydrogen-bond acceptors (Lipinski definition) is 6. The van der Waals surface area contributed by atoms with Crippen LogP contribution in [0.4, 0.5) is 5.95 Å². The average molecular weight is 344 g/mol. The summed E-state index contributed by atoms with van der Waals surface area (Å²) in [5, 5.41) is 14.0. The maximum Gasteiger partial charge on any atom is 0.255 e. The minimum atomic E-state index is -0.150. The fraction of sp³-hybridized carbons (Fsp3) is 0.389. The lowest BCUT2D eigenvalue weighted by atomic mass is 10.1. The third-order valence-electron chi connectivity index (χ3n) is 3.69. The molecule has 7 nitrogen and oxygen atoms in total. The van der Waals surface area contributed by atoms with Crippen molar-refractivity contribution in [2.75, 3.05) is 12.0 Å². The van der Waals surface area contributed by atoms with Crippen molar-refractivity contribution in [3.8, 4) is 11.5 Å². The molecule has 2 rings (SSSR count). The van der Waals surface area contributed by atoms with Crippen LogP contribution >= 0.6 is 0 Å². The summed E-state index contributed by atoms with van der Waals surface area (Å²) in [5.74, 6) is 0.919. The van der Waals surface area contributed by atoms with E-state index in [0.29, 0.717) is 35.6 Å². The Morgan fingerprint density at radius 2 is 2.20 bits per heavy atom. The van der Waals surface area contributed by atoms with Gasteiger partial charge >= 0.3 is 0 Å². The van der Waals surface area contributed by atoms with Crippen molar-refractivity contribution in [1.29, 1.82) is 0 Å². The van der Waals surface area contributed by atoms with Crippen LogP contribution in [-0.4, -0.2) is 27.9 Å². The first-order valence-corrected chi connectivity index (χ1v) is 8.39. The van der Waals surface area contributed by atoms with Crippen LogP contribution in [0.3, 0.4) is 0 Å². The van der Waals surface area contributed by atoms with Crippen LogP contribution in [0.25, 0.3) is 0 Å². The van der Waals surface area contributed by atoms with E-state index in [0.717, 1.165) is 12.8 Å². The lowest BCUT2D eigenvalue weighted by Gasteiger charge is -2.06. The first kappa shape index (κ1) is 18.5. The van der Waals surface area contributed by atoms with E-state index >= 15 is 0 Å². The number of rotatable bonds is 8. The highest BCUT2D eigenvalue weighted by Crippen LogP contribution is 2.22. The zero-order valence-corrected chi connectivity index (χ0v) is 14.8. The van der Waals surface area contributed by atoms with Crippen LogP contribution in [0.5, 0.6) is 11.5 Å². The molecule has 0 amide bonds. The molecule has 0 aliphatic carbocycles. The van der Waals surface area contributed by atoms with Gasteiger partial charge in [-0.15, -0.1) is 0 Å². The first-order chi connectivity index (χ1) is 12.0. The molecule has 2 aromatic rings. The summed E-state index contributed by atoms with van der Waals surface area (Å²) in [7, 11) is 0. The smallest absolute Gasteiger partial charge is 0.255 e. The molecule has 0 atom stereocenters. The molecule has 0 spiro atoms. The second-order valence-corrected chi connectivity index (χ2v) is 5.61. The topological polar surface area (TPSA) is 99.6 Å². The number of H-pyrrole nitrogens is 1. The van der Waals surface area contributed by atoms with Crippen LogP contribution in [-0.2, 0) is 6.42 Å². The largest absolute Gasteiger partial charge is 0.507 e. The lowest BCUT2D eigenvalue weighted by Crippen LogP contribution is -2.18. The third kappa shape index (κ3) is 5.07. The Morgan fingerprint density at radius 1 is 1.40 bits per heavy atom. The number of anilines is 1. The number of ether oxygens (including phenoxy) is 1. The normalized spacial score (nSPS) is 11.0. The molecular formula is C18H24N4O3. The van der Waals surface area contributed by atoms with Gasteiger partial charge in [0.2, 0.25) is 5.95 Å². The molecule has 0 saturated heterocycles. The predicted molar refractivity (Wildman–Crippen MR) is 98.7 cm³/mol. The molecule has 7 heteroatoms. The molecule has 25 heavy (non-hydrogen) atoms. The van der Waals surface area contributed by atoms with E-state index in [9.17, 15) is 9.90 Å². The highest BCUT2D eigenvalue weighted by atomic mass is 16.5. The highest BCUT2D eigenvalue weighted by molar-refractivity contribution is 5.84. The van der Waals surface area contributed by atoms with Crippen molar-refractivity contribution in [3.05, 3.63) is 45.4 Å². The molecule has 0 unspecified atom stereocenters. The van der Waals surface area contributed by atoms with Gasteiger partial charge in [-0.1, -0.05) is 13.3 Å². The molecule has 0 radical (unpaired) electrons. The highest BCUT2D eigenvalue weighted by Gasteiger charge is 2.07. The van der Waals surface area contributed by atoms with Gasteiger partial charge in [-0.25, -0.2) is 10.4 Å². The van der Waals surface area contributed by atoms with E-state index in [-0.39, 0.29) is 17.3 Å². The molecule has 0 bridgehead atoms. The summed E-state index contributed by atoms with van der Waals surface area (Å²) >= 11 is 0. The average Bonchev–Trinajstić information content (AvgIpc) is 2.56. The second kappa shape index (κ2) is 8.86. The van der Waals surface area contributed by atoms with E-state index in [2.05, 4.69) is 27.4 Å². The Kier molecular flexibility index (Phi) is 6.56. The van der Waals surface area contributed by atoms with E-state index < -0.39 is 0 Å². The molecular weight excluding hydrogens is 320 g/mol. The summed E-state index contributed by atoms with van der Waals surface area (Å²) in [6, 6.07) is 4.97. The van der Waals surface area contributed by atoms with Gasteiger partial charge in [0.05, 0.1) is 12.8 Å². The van der Waals surface area contributed by atoms with Gasteiger partial charge in [0, 0.05) is 22.9 Å². The van der Waals surface area contributed by atoms with Gasteiger partial charge in [0.15, 0.2) is 0 Å². The number of aryl methyl sites for hydroxylation is 1. The summed E-state index contributed by atoms with van der Waals surface area (Å²) in [4.78, 5) is 19.1. The minimum Gasteiger partial charge on any atom is -0.507 e. The molecule has 0 aliphatic heterocycles. The number of aromatic amines is 1. The van der Waals surface area contributed by atoms with Crippen molar-refractivity contribution in [3.63, 3.8) is 0 Å². The Labute approximate surface area is 146 Å². The second-order valence-electron chi connectivity index (χ2n) is 5.61. The number of benzene rings is 1. The molecule has 3 N–H and O–H groups in total. The zero-order chi connectivity index (χ0) is 18.2. The monoisotopic (exact) mass is 344 g/mol. The van der Waals surface area contributed by atoms with Crippen LogP contribution in [0.1, 0.15) is 43.5 Å². The fourth-order valence-corrected chi connectivity index (χ4v) is 2.36. The van der Waals surface area contributed by atoms with Crippen LogP contribution < -0.4 is 15.7 Å². The van der Waals surface area contributed by atoms with Crippen molar-refractivity contribution in [2.45, 2.75) is 40.0 Å². The van der Waals surface area contributed by atoms with Gasteiger partial charge in [-0.3, -0.25) is 9.78 Å². The molecule has 0 saturated carbocycles. The van der Waals surface area contributed by atoms with Gasteiger partial charge in [-0.05, 0) is 38.8 Å².